The summed E-state index contributed by atoms with van der Waals surface area (Å²) in [7, 11) is 0. The van der Waals surface area contributed by atoms with E-state index in [1.807, 2.05) is 12.1 Å². The van der Waals surface area contributed by atoms with Gasteiger partial charge in [-0.05, 0) is 42.5 Å². The third-order valence-electron chi connectivity index (χ3n) is 3.19. The van der Waals surface area contributed by atoms with Crippen LogP contribution in [0.1, 0.15) is 29.9 Å². The summed E-state index contributed by atoms with van der Waals surface area (Å²) in [6.07, 6.45) is 2.89. The zero-order valence-electron chi connectivity index (χ0n) is 8.82. The zero-order chi connectivity index (χ0) is 11.7. The number of halogens is 1. The molecule has 0 saturated carbocycles. The van der Waals surface area contributed by atoms with Gasteiger partial charge in [-0.25, -0.2) is 0 Å². The van der Waals surface area contributed by atoms with E-state index in [-0.39, 0.29) is 5.92 Å². The number of benzene rings is 1. The summed E-state index contributed by atoms with van der Waals surface area (Å²) in [6.45, 7) is 0. The molecule has 0 fully saturated rings. The molecule has 1 unspecified atom stereocenters. The fourth-order valence-corrected chi connectivity index (χ4v) is 2.73. The molecule has 0 amide bonds. The van der Waals surface area contributed by atoms with Crippen LogP contribution in [-0.4, -0.2) is 17.1 Å². The molecule has 0 heterocycles. The summed E-state index contributed by atoms with van der Waals surface area (Å²) in [5, 5.41) is 8.99. The van der Waals surface area contributed by atoms with Crippen LogP contribution in [0.25, 0.3) is 0 Å². The lowest BCUT2D eigenvalue weighted by molar-refractivity contribution is -0.139. The highest BCUT2D eigenvalue weighted by molar-refractivity contribution is 9.10. The second-order valence-electron chi connectivity index (χ2n) is 4.21. The Bertz CT molecular complexity index is 419. The van der Waals surface area contributed by atoms with Crippen LogP contribution in [0.15, 0.2) is 22.7 Å². The zero-order valence-corrected chi connectivity index (χ0v) is 10.4. The van der Waals surface area contributed by atoms with Crippen LogP contribution in [-0.2, 0) is 11.2 Å². The van der Waals surface area contributed by atoms with Crippen molar-refractivity contribution in [2.75, 3.05) is 0 Å². The van der Waals surface area contributed by atoms with Gasteiger partial charge < -0.3 is 10.8 Å². The molecule has 86 valence electrons. The van der Waals surface area contributed by atoms with Gasteiger partial charge in [-0.1, -0.05) is 22.0 Å². The molecule has 3 N–H and O–H groups in total. The maximum atomic E-state index is 11.0. The molecule has 1 aliphatic carbocycles. The number of nitrogens with two attached hydrogens (primary N) is 1. The molecule has 0 radical (unpaired) electrons. The van der Waals surface area contributed by atoms with Gasteiger partial charge in [-0.15, -0.1) is 0 Å². The minimum Gasteiger partial charge on any atom is -0.480 e. The Kier molecular flexibility index (Phi) is 3.30. The Balaban J connectivity index is 2.38. The summed E-state index contributed by atoms with van der Waals surface area (Å²) in [4.78, 5) is 11.0. The van der Waals surface area contributed by atoms with Gasteiger partial charge in [0.1, 0.15) is 6.04 Å². The highest BCUT2D eigenvalue weighted by atomic mass is 79.9. The second-order valence-corrected chi connectivity index (χ2v) is 5.12. The van der Waals surface area contributed by atoms with Gasteiger partial charge in [0.25, 0.3) is 0 Å². The van der Waals surface area contributed by atoms with Crippen LogP contribution in [0.3, 0.4) is 0 Å². The van der Waals surface area contributed by atoms with Gasteiger partial charge in [0.05, 0.1) is 0 Å². The second kappa shape index (κ2) is 4.55. The number of hydrogen-bond acceptors (Lipinski definition) is 2. The van der Waals surface area contributed by atoms with E-state index >= 15 is 0 Å². The predicted molar refractivity (Wildman–Crippen MR) is 65.4 cm³/mol. The number of carboxylic acids is 1. The lowest BCUT2D eigenvalue weighted by Gasteiger charge is -2.28. The number of carboxylic acid groups (broad SMARTS) is 1. The van der Waals surface area contributed by atoms with Crippen LogP contribution in [0.5, 0.6) is 0 Å². The maximum Gasteiger partial charge on any atom is 0.321 e. The van der Waals surface area contributed by atoms with Crippen molar-refractivity contribution in [3.8, 4) is 0 Å². The molecule has 0 aliphatic heterocycles. The van der Waals surface area contributed by atoms with Gasteiger partial charge in [0, 0.05) is 10.4 Å². The molecule has 0 bridgehead atoms. The molecule has 0 spiro atoms. The van der Waals surface area contributed by atoms with E-state index in [4.69, 9.17) is 10.8 Å². The number of rotatable bonds is 2. The first-order valence-electron chi connectivity index (χ1n) is 5.36. The first-order valence-corrected chi connectivity index (χ1v) is 6.15. The van der Waals surface area contributed by atoms with Crippen LogP contribution >= 0.6 is 15.9 Å². The molecule has 1 aromatic rings. The summed E-state index contributed by atoms with van der Waals surface area (Å²) in [5.74, 6) is -0.975. The van der Waals surface area contributed by atoms with Crippen molar-refractivity contribution in [3.63, 3.8) is 0 Å². The average molecular weight is 284 g/mol. The van der Waals surface area contributed by atoms with Crippen LogP contribution in [0, 0.1) is 0 Å². The minimum absolute atomic E-state index is 0.0567. The molecule has 1 aromatic carbocycles. The highest BCUT2D eigenvalue weighted by Gasteiger charge is 2.29. The van der Waals surface area contributed by atoms with Crippen molar-refractivity contribution in [2.45, 2.75) is 31.2 Å². The molecule has 4 heteroatoms. The first-order chi connectivity index (χ1) is 7.59. The smallest absolute Gasteiger partial charge is 0.321 e. The number of hydrogen-bond donors (Lipinski definition) is 2. The van der Waals surface area contributed by atoms with E-state index in [1.54, 1.807) is 0 Å². The molecule has 1 aliphatic rings. The summed E-state index contributed by atoms with van der Waals surface area (Å²) < 4.78 is 0.982. The summed E-state index contributed by atoms with van der Waals surface area (Å²) in [6, 6.07) is 5.25. The Morgan fingerprint density at radius 1 is 1.56 bits per heavy atom. The lowest BCUT2D eigenvalue weighted by Crippen LogP contribution is -2.38. The van der Waals surface area contributed by atoms with E-state index in [0.29, 0.717) is 0 Å². The summed E-state index contributed by atoms with van der Waals surface area (Å²) in [5.41, 5.74) is 8.07. The van der Waals surface area contributed by atoms with Gasteiger partial charge in [0.15, 0.2) is 0 Å². The van der Waals surface area contributed by atoms with E-state index in [9.17, 15) is 4.79 Å². The molecule has 0 saturated heterocycles. The molecule has 16 heavy (non-hydrogen) atoms. The highest BCUT2D eigenvalue weighted by Crippen LogP contribution is 2.35. The van der Waals surface area contributed by atoms with E-state index in [0.717, 1.165) is 29.3 Å². The normalized spacial score (nSPS) is 21.2. The van der Waals surface area contributed by atoms with Crippen LogP contribution in [0.2, 0.25) is 0 Å². The van der Waals surface area contributed by atoms with Crippen molar-refractivity contribution in [1.82, 2.24) is 0 Å². The largest absolute Gasteiger partial charge is 0.480 e. The molecular formula is C12H14BrNO2. The van der Waals surface area contributed by atoms with Gasteiger partial charge in [-0.3, -0.25) is 4.79 Å². The van der Waals surface area contributed by atoms with Crippen LogP contribution < -0.4 is 5.73 Å². The maximum absolute atomic E-state index is 11.0. The topological polar surface area (TPSA) is 63.3 Å². The van der Waals surface area contributed by atoms with E-state index in [1.165, 1.54) is 5.56 Å². The third kappa shape index (κ3) is 2.13. The first kappa shape index (κ1) is 11.6. The summed E-state index contributed by atoms with van der Waals surface area (Å²) >= 11 is 3.42. The van der Waals surface area contributed by atoms with Gasteiger partial charge >= 0.3 is 5.97 Å². The number of carbonyl (C=O) groups is 1. The van der Waals surface area contributed by atoms with Crippen molar-refractivity contribution in [2.24, 2.45) is 5.73 Å². The monoisotopic (exact) mass is 283 g/mol. The Morgan fingerprint density at radius 3 is 3.00 bits per heavy atom. The van der Waals surface area contributed by atoms with E-state index < -0.39 is 12.0 Å². The van der Waals surface area contributed by atoms with Crippen molar-refractivity contribution in [3.05, 3.63) is 33.8 Å². The third-order valence-corrected chi connectivity index (χ3v) is 3.68. The minimum atomic E-state index is -0.919. The number of fused-ring (bicyclic) bond motifs is 1. The molecule has 2 atom stereocenters. The van der Waals surface area contributed by atoms with Crippen molar-refractivity contribution >= 4 is 21.9 Å². The van der Waals surface area contributed by atoms with E-state index in [2.05, 4.69) is 22.0 Å². The lowest BCUT2D eigenvalue weighted by atomic mass is 9.79. The quantitative estimate of drug-likeness (QED) is 0.875. The number of aryl methyl sites for hydroxylation is 1. The standard InChI is InChI=1S/C12H14BrNO2/c13-8-5-4-7-2-1-3-9(10(7)6-8)11(14)12(15)16/h4-6,9,11H,1-3,14H2,(H,15,16)/t9-,11?/m1/s1. The Morgan fingerprint density at radius 2 is 2.31 bits per heavy atom. The fraction of sp³-hybridized carbons (Fsp3) is 0.417. The Hall–Kier alpha value is -0.870. The van der Waals surface area contributed by atoms with Gasteiger partial charge in [-0.2, -0.15) is 0 Å². The average Bonchev–Trinajstić information content (AvgIpc) is 2.27. The number of aliphatic carboxylic acids is 1. The van der Waals surface area contributed by atoms with Crippen molar-refractivity contribution < 1.29 is 9.90 Å². The Labute approximate surface area is 103 Å². The predicted octanol–water partition coefficient (Wildman–Crippen LogP) is 2.28. The van der Waals surface area contributed by atoms with Crippen LogP contribution in [0.4, 0.5) is 0 Å². The molecule has 2 rings (SSSR count). The molecule has 0 aromatic heterocycles. The SMILES string of the molecule is NC(C(=O)O)[C@@H]1CCCc2ccc(Br)cc21. The van der Waals surface area contributed by atoms with Crippen molar-refractivity contribution in [1.29, 1.82) is 0 Å². The molecule has 3 nitrogen and oxygen atoms in total. The van der Waals surface area contributed by atoms with Gasteiger partial charge in [0.2, 0.25) is 0 Å². The fourth-order valence-electron chi connectivity index (χ4n) is 2.35. The molecular weight excluding hydrogens is 270 g/mol.